The van der Waals surface area contributed by atoms with Gasteiger partial charge in [-0.2, -0.15) is 0 Å². The second-order valence-electron chi connectivity index (χ2n) is 5.56. The molecule has 130 valence electrons. The number of rotatable bonds is 2. The van der Waals surface area contributed by atoms with Gasteiger partial charge >= 0.3 is 11.1 Å². The average molecular weight is 363 g/mol. The number of hydrogen-bond acceptors (Lipinski definition) is 5. The van der Waals surface area contributed by atoms with Gasteiger partial charge in [0.05, 0.1) is 26.5 Å². The largest absolute Gasteiger partial charge is 0.398 e. The highest BCUT2D eigenvalue weighted by Crippen LogP contribution is 2.29. The Morgan fingerprint density at radius 2 is 1.40 bits per heavy atom. The zero-order chi connectivity index (χ0) is 18.5. The molecule has 0 amide bonds. The van der Waals surface area contributed by atoms with E-state index in [-0.39, 0.29) is 21.0 Å². The Labute approximate surface area is 141 Å². The first-order chi connectivity index (χ1) is 11.6. The van der Waals surface area contributed by atoms with E-state index in [1.807, 2.05) is 0 Å². The van der Waals surface area contributed by atoms with E-state index in [1.54, 1.807) is 0 Å². The van der Waals surface area contributed by atoms with Crippen LogP contribution < -0.4 is 16.9 Å². The van der Waals surface area contributed by atoms with Gasteiger partial charge in [-0.15, -0.1) is 0 Å². The van der Waals surface area contributed by atoms with E-state index in [9.17, 15) is 22.4 Å². The number of anilines is 1. The van der Waals surface area contributed by atoms with Crippen LogP contribution >= 0.6 is 0 Å². The van der Waals surface area contributed by atoms with Gasteiger partial charge in [-0.25, -0.2) is 12.8 Å². The van der Waals surface area contributed by atoms with Gasteiger partial charge in [0, 0.05) is 14.1 Å². The van der Waals surface area contributed by atoms with Crippen LogP contribution in [0.4, 0.5) is 10.1 Å². The van der Waals surface area contributed by atoms with Crippen LogP contribution in [0.1, 0.15) is 0 Å². The number of benzene rings is 2. The van der Waals surface area contributed by atoms with Crippen molar-refractivity contribution in [3.63, 3.8) is 0 Å². The molecule has 2 aromatic carbocycles. The number of fused-ring (bicyclic) bond motifs is 1. The van der Waals surface area contributed by atoms with E-state index in [1.165, 1.54) is 26.2 Å². The van der Waals surface area contributed by atoms with E-state index in [2.05, 4.69) is 0 Å². The average Bonchev–Trinajstić information content (AvgIpc) is 2.58. The number of nitrogen functional groups attached to an aromatic ring is 1. The molecule has 9 heteroatoms. The Morgan fingerprint density at radius 1 is 0.920 bits per heavy atom. The summed E-state index contributed by atoms with van der Waals surface area (Å²) in [5.41, 5.74) is 4.84. The molecule has 0 bridgehead atoms. The Morgan fingerprint density at radius 3 is 1.92 bits per heavy atom. The summed E-state index contributed by atoms with van der Waals surface area (Å²) in [4.78, 5) is 23.5. The quantitative estimate of drug-likeness (QED) is 0.412. The normalized spacial score (nSPS) is 11.8. The molecule has 0 atom stereocenters. The molecule has 3 aromatic rings. The number of sulfone groups is 1. The molecular weight excluding hydrogens is 349 g/mol. The van der Waals surface area contributed by atoms with Gasteiger partial charge in [0.25, 0.3) is 0 Å². The number of nitrogens with two attached hydrogens (primary N) is 1. The van der Waals surface area contributed by atoms with Crippen LogP contribution in [0, 0.1) is 5.82 Å². The summed E-state index contributed by atoms with van der Waals surface area (Å²) in [6, 6.07) is 6.89. The summed E-state index contributed by atoms with van der Waals surface area (Å²) in [5, 5.41) is 0. The molecule has 1 heterocycles. The van der Waals surface area contributed by atoms with Gasteiger partial charge < -0.3 is 14.9 Å². The fourth-order valence-electron chi connectivity index (χ4n) is 2.59. The van der Waals surface area contributed by atoms with Crippen molar-refractivity contribution in [2.24, 2.45) is 14.1 Å². The maximum Gasteiger partial charge on any atom is 0.316 e. The third-order valence-electron chi connectivity index (χ3n) is 4.04. The Kier molecular flexibility index (Phi) is 3.76. The van der Waals surface area contributed by atoms with Crippen molar-refractivity contribution in [2.75, 3.05) is 5.73 Å². The van der Waals surface area contributed by atoms with E-state index in [0.717, 1.165) is 33.4 Å². The van der Waals surface area contributed by atoms with Gasteiger partial charge in [0.15, 0.2) is 0 Å². The molecule has 0 aliphatic rings. The molecule has 2 N–H and O–H groups in total. The first-order valence-corrected chi connectivity index (χ1v) is 8.63. The summed E-state index contributed by atoms with van der Waals surface area (Å²) >= 11 is 0. The van der Waals surface area contributed by atoms with Crippen molar-refractivity contribution in [3.8, 4) is 0 Å². The highest BCUT2D eigenvalue weighted by molar-refractivity contribution is 7.91. The van der Waals surface area contributed by atoms with Crippen molar-refractivity contribution in [3.05, 3.63) is 62.9 Å². The first kappa shape index (κ1) is 16.9. The number of aromatic nitrogens is 2. The minimum atomic E-state index is -4.02. The molecule has 7 nitrogen and oxygen atoms in total. The summed E-state index contributed by atoms with van der Waals surface area (Å²) < 4.78 is 40.8. The third-order valence-corrected chi connectivity index (χ3v) is 5.86. The highest BCUT2D eigenvalue weighted by atomic mass is 32.2. The molecule has 0 saturated heterocycles. The molecule has 0 aliphatic heterocycles. The summed E-state index contributed by atoms with van der Waals surface area (Å²) in [7, 11) is -1.25. The van der Waals surface area contributed by atoms with Gasteiger partial charge in [-0.3, -0.25) is 9.59 Å². The van der Waals surface area contributed by atoms with Crippen molar-refractivity contribution >= 4 is 26.6 Å². The monoisotopic (exact) mass is 363 g/mol. The lowest BCUT2D eigenvalue weighted by Gasteiger charge is -2.13. The molecule has 1 aromatic heterocycles. The Balaban J connectivity index is 2.38. The first-order valence-electron chi connectivity index (χ1n) is 7.14. The fourth-order valence-corrected chi connectivity index (χ4v) is 3.97. The predicted octanol–water partition coefficient (Wildman–Crippen LogP) is 0.791. The van der Waals surface area contributed by atoms with Crippen LogP contribution in [-0.2, 0) is 23.9 Å². The minimum absolute atomic E-state index is 0.0783. The maximum absolute atomic E-state index is 13.1. The highest BCUT2D eigenvalue weighted by Gasteiger charge is 2.23. The van der Waals surface area contributed by atoms with Crippen LogP contribution in [0.3, 0.4) is 0 Å². The number of hydrogen-bond donors (Lipinski definition) is 1. The van der Waals surface area contributed by atoms with Gasteiger partial charge in [0.1, 0.15) is 5.82 Å². The topological polar surface area (TPSA) is 104 Å². The van der Waals surface area contributed by atoms with Gasteiger partial charge in [-0.1, -0.05) is 0 Å². The minimum Gasteiger partial charge on any atom is -0.398 e. The summed E-state index contributed by atoms with van der Waals surface area (Å²) in [5.74, 6) is -0.567. The lowest BCUT2D eigenvalue weighted by molar-refractivity contribution is 0.595. The van der Waals surface area contributed by atoms with Crippen LogP contribution in [-0.4, -0.2) is 17.6 Å². The lowest BCUT2D eigenvalue weighted by atomic mass is 10.2. The molecule has 0 spiro atoms. The number of nitrogens with zero attached hydrogens (tertiary/aromatic N) is 2. The molecular formula is C16H14FN3O4S. The standard InChI is InChI=1S/C16H14FN3O4S/c1-19-12-7-11(18)14(8-13(12)20(2)16(22)15(19)21)25(23,24)10-5-3-9(17)4-6-10/h3-8H,18H2,1-2H3. The Hall–Kier alpha value is -2.94. The van der Waals surface area contributed by atoms with Crippen LogP contribution in [0.25, 0.3) is 11.0 Å². The van der Waals surface area contributed by atoms with Crippen LogP contribution in [0.15, 0.2) is 55.8 Å². The molecule has 0 radical (unpaired) electrons. The molecule has 0 fully saturated rings. The Bertz CT molecular complexity index is 1230. The van der Waals surface area contributed by atoms with Crippen molar-refractivity contribution in [1.29, 1.82) is 0 Å². The van der Waals surface area contributed by atoms with Crippen molar-refractivity contribution < 1.29 is 12.8 Å². The second-order valence-corrected chi connectivity index (χ2v) is 7.48. The summed E-state index contributed by atoms with van der Waals surface area (Å²) in [6.07, 6.45) is 0. The zero-order valence-electron chi connectivity index (χ0n) is 13.4. The van der Waals surface area contributed by atoms with E-state index < -0.39 is 26.8 Å². The molecule has 0 unspecified atom stereocenters. The smallest absolute Gasteiger partial charge is 0.316 e. The molecule has 0 saturated carbocycles. The molecule has 3 rings (SSSR count). The van der Waals surface area contributed by atoms with Crippen LogP contribution in [0.5, 0.6) is 0 Å². The van der Waals surface area contributed by atoms with E-state index in [0.29, 0.717) is 5.52 Å². The zero-order valence-corrected chi connectivity index (χ0v) is 14.2. The maximum atomic E-state index is 13.1. The molecule has 25 heavy (non-hydrogen) atoms. The van der Waals surface area contributed by atoms with Gasteiger partial charge in [-0.05, 0) is 36.4 Å². The fraction of sp³-hybridized carbons (Fsp3) is 0.125. The number of aryl methyl sites for hydroxylation is 2. The second kappa shape index (κ2) is 5.55. The lowest BCUT2D eigenvalue weighted by Crippen LogP contribution is -2.39. The van der Waals surface area contributed by atoms with Crippen molar-refractivity contribution in [2.45, 2.75) is 9.79 Å². The van der Waals surface area contributed by atoms with Crippen LogP contribution in [0.2, 0.25) is 0 Å². The van der Waals surface area contributed by atoms with Crippen molar-refractivity contribution in [1.82, 2.24) is 9.13 Å². The predicted molar refractivity (Wildman–Crippen MR) is 90.7 cm³/mol. The molecule has 0 aliphatic carbocycles. The summed E-state index contributed by atoms with van der Waals surface area (Å²) in [6.45, 7) is 0. The number of halogens is 1. The van der Waals surface area contributed by atoms with E-state index in [4.69, 9.17) is 5.73 Å². The third kappa shape index (κ3) is 2.52. The van der Waals surface area contributed by atoms with E-state index >= 15 is 0 Å². The SMILES string of the molecule is Cn1c(=O)c(=O)n(C)c2cc(S(=O)(=O)c3ccc(F)cc3)c(N)cc21. The van der Waals surface area contributed by atoms with Gasteiger partial charge in [0.2, 0.25) is 9.84 Å².